The summed E-state index contributed by atoms with van der Waals surface area (Å²) in [6, 6.07) is 0. The van der Waals surface area contributed by atoms with Crippen LogP contribution in [0.3, 0.4) is 0 Å². The Labute approximate surface area is 515 Å². The lowest BCUT2D eigenvalue weighted by atomic mass is 10.0. The number of hydrogen-bond acceptors (Lipinski definition) is 6. The molecule has 0 aromatic rings. The van der Waals surface area contributed by atoms with Gasteiger partial charge in [0.15, 0.2) is 6.10 Å². The van der Waals surface area contributed by atoms with Crippen LogP contribution in [0.5, 0.6) is 0 Å². The van der Waals surface area contributed by atoms with Crippen LogP contribution in [-0.2, 0) is 28.6 Å². The van der Waals surface area contributed by atoms with Crippen molar-refractivity contribution in [1.82, 2.24) is 0 Å². The number of esters is 3. The molecule has 6 nitrogen and oxygen atoms in total. The van der Waals surface area contributed by atoms with E-state index in [-0.39, 0.29) is 37.5 Å². The lowest BCUT2D eigenvalue weighted by Crippen LogP contribution is -2.30. The SMILES string of the molecule is CC/C=C\C/C=C\C/C=C\C/C=C\C/C=C\C/C=C\CCCCC(=O)OC(COC(=O)CCCCCCC/C=C\CCC)COC(=O)CCCCCCCCCCCCCCCCCCCCCCCCCCCCCCCCCCCC. The molecule has 0 amide bonds. The van der Waals surface area contributed by atoms with Gasteiger partial charge in [-0.05, 0) is 89.9 Å². The second-order valence-electron chi connectivity index (χ2n) is 24.1. The summed E-state index contributed by atoms with van der Waals surface area (Å²) >= 11 is 0. The molecule has 0 aliphatic rings. The molecular formula is C77H136O6. The van der Waals surface area contributed by atoms with Gasteiger partial charge in [-0.25, -0.2) is 0 Å². The molecule has 83 heavy (non-hydrogen) atoms. The number of ether oxygens (including phenoxy) is 3. The minimum Gasteiger partial charge on any atom is -0.462 e. The third-order valence-corrected chi connectivity index (χ3v) is 15.9. The molecule has 0 aliphatic carbocycles. The van der Waals surface area contributed by atoms with Crippen molar-refractivity contribution in [3.05, 3.63) is 85.1 Å². The molecule has 0 rings (SSSR count). The van der Waals surface area contributed by atoms with Gasteiger partial charge in [0.25, 0.3) is 0 Å². The summed E-state index contributed by atoms with van der Waals surface area (Å²) < 4.78 is 16.9. The van der Waals surface area contributed by atoms with Crippen molar-refractivity contribution in [1.29, 1.82) is 0 Å². The quantitative estimate of drug-likeness (QED) is 0.0261. The van der Waals surface area contributed by atoms with Gasteiger partial charge >= 0.3 is 17.9 Å². The van der Waals surface area contributed by atoms with Crippen molar-refractivity contribution in [2.24, 2.45) is 0 Å². The number of rotatable bonds is 66. The van der Waals surface area contributed by atoms with E-state index in [2.05, 4.69) is 106 Å². The molecule has 0 aromatic carbocycles. The van der Waals surface area contributed by atoms with Crippen molar-refractivity contribution < 1.29 is 28.6 Å². The van der Waals surface area contributed by atoms with Crippen LogP contribution in [-0.4, -0.2) is 37.2 Å². The molecule has 0 heterocycles. The normalized spacial score (nSPS) is 12.6. The molecule has 0 aromatic heterocycles. The highest BCUT2D eigenvalue weighted by Crippen LogP contribution is 2.18. The molecule has 480 valence electrons. The number of carbonyl (C=O) groups is 3. The highest BCUT2D eigenvalue weighted by atomic mass is 16.6. The van der Waals surface area contributed by atoms with Gasteiger partial charge in [0, 0.05) is 19.3 Å². The first-order chi connectivity index (χ1) is 41.0. The molecule has 0 saturated carbocycles. The van der Waals surface area contributed by atoms with Crippen LogP contribution in [0.4, 0.5) is 0 Å². The summed E-state index contributed by atoms with van der Waals surface area (Å²) in [5.41, 5.74) is 0. The van der Waals surface area contributed by atoms with E-state index in [9.17, 15) is 14.4 Å². The van der Waals surface area contributed by atoms with Crippen LogP contribution >= 0.6 is 0 Å². The summed E-state index contributed by atoms with van der Waals surface area (Å²) in [6.07, 6.45) is 95.1. The fraction of sp³-hybridized carbons (Fsp3) is 0.779. The van der Waals surface area contributed by atoms with Gasteiger partial charge in [-0.2, -0.15) is 0 Å². The Kier molecular flexibility index (Phi) is 68.2. The Bertz CT molecular complexity index is 1570. The monoisotopic (exact) mass is 1160 g/mol. The third kappa shape index (κ3) is 69.3. The predicted octanol–water partition coefficient (Wildman–Crippen LogP) is 25.0. The maximum absolute atomic E-state index is 12.9. The van der Waals surface area contributed by atoms with E-state index in [4.69, 9.17) is 14.2 Å². The highest BCUT2D eigenvalue weighted by molar-refractivity contribution is 5.71. The molecule has 0 radical (unpaired) electrons. The zero-order valence-electron chi connectivity index (χ0n) is 55.2. The summed E-state index contributed by atoms with van der Waals surface area (Å²) in [5, 5.41) is 0. The van der Waals surface area contributed by atoms with E-state index >= 15 is 0 Å². The molecule has 0 aliphatic heterocycles. The van der Waals surface area contributed by atoms with Gasteiger partial charge in [0.1, 0.15) is 13.2 Å². The van der Waals surface area contributed by atoms with Gasteiger partial charge in [-0.1, -0.05) is 343 Å². The summed E-state index contributed by atoms with van der Waals surface area (Å²) in [6.45, 7) is 6.47. The predicted molar refractivity (Wildman–Crippen MR) is 362 cm³/mol. The van der Waals surface area contributed by atoms with E-state index in [0.29, 0.717) is 19.3 Å². The fourth-order valence-corrected chi connectivity index (χ4v) is 10.5. The van der Waals surface area contributed by atoms with E-state index in [1.54, 1.807) is 0 Å². The topological polar surface area (TPSA) is 78.9 Å². The van der Waals surface area contributed by atoms with Crippen molar-refractivity contribution >= 4 is 17.9 Å². The number of unbranched alkanes of at least 4 members (excludes halogenated alkanes) is 41. The molecule has 0 N–H and O–H groups in total. The van der Waals surface area contributed by atoms with E-state index in [1.807, 2.05) is 0 Å². The molecule has 0 saturated heterocycles. The fourth-order valence-electron chi connectivity index (χ4n) is 10.5. The number of hydrogen-bond donors (Lipinski definition) is 0. The summed E-state index contributed by atoms with van der Waals surface area (Å²) in [5.74, 6) is -0.936. The Morgan fingerprint density at radius 3 is 0.819 bits per heavy atom. The standard InChI is InChI=1S/C77H136O6/c1-4-7-10-13-16-19-22-24-26-28-30-32-33-34-35-36-37-38-39-40-41-42-43-44-46-47-49-51-53-55-58-61-64-67-70-76(79)82-73-74(72-81-75(78)69-66-63-60-57-21-18-15-12-9-6-3)83-77(80)71-68-65-62-59-56-54-52-50-48-45-31-29-27-25-23-20-17-14-11-8-5-2/h8,11-12,15,17,20,25,27,31,45,50,52,56,59,74H,4-7,9-10,13-14,16,18-19,21-24,26,28-30,32-44,46-49,51,53-55,57-58,60-73H2,1-3H3/b11-8-,15-12-,20-17-,27-25-,45-31-,52-50-,59-56-. The van der Waals surface area contributed by atoms with Gasteiger partial charge < -0.3 is 14.2 Å². The molecular weight excluding hydrogens is 1020 g/mol. The third-order valence-electron chi connectivity index (χ3n) is 15.9. The van der Waals surface area contributed by atoms with E-state index < -0.39 is 6.10 Å². The van der Waals surface area contributed by atoms with E-state index in [0.717, 1.165) is 109 Å². The molecule has 0 fully saturated rings. The molecule has 1 atom stereocenters. The number of allylic oxidation sites excluding steroid dienone is 14. The molecule has 6 heteroatoms. The average Bonchev–Trinajstić information content (AvgIpc) is 3.49. The first-order valence-electron chi connectivity index (χ1n) is 36.1. The minimum absolute atomic E-state index is 0.0945. The van der Waals surface area contributed by atoms with Crippen molar-refractivity contribution in [3.63, 3.8) is 0 Å². The minimum atomic E-state index is -0.803. The smallest absolute Gasteiger partial charge is 0.306 e. The summed E-state index contributed by atoms with van der Waals surface area (Å²) in [4.78, 5) is 38.3. The molecule has 1 unspecified atom stereocenters. The zero-order valence-corrected chi connectivity index (χ0v) is 55.2. The van der Waals surface area contributed by atoms with Crippen LogP contribution < -0.4 is 0 Å². The van der Waals surface area contributed by atoms with Gasteiger partial charge in [0.05, 0.1) is 0 Å². The maximum atomic E-state index is 12.9. The van der Waals surface area contributed by atoms with Gasteiger partial charge in [-0.3, -0.25) is 14.4 Å². The number of carbonyl (C=O) groups excluding carboxylic acids is 3. The Morgan fingerprint density at radius 2 is 0.494 bits per heavy atom. The second kappa shape index (κ2) is 71.1. The van der Waals surface area contributed by atoms with Crippen molar-refractivity contribution in [2.45, 2.75) is 374 Å². The van der Waals surface area contributed by atoms with Gasteiger partial charge in [-0.15, -0.1) is 0 Å². The van der Waals surface area contributed by atoms with Crippen LogP contribution in [0, 0.1) is 0 Å². The second-order valence-corrected chi connectivity index (χ2v) is 24.1. The first-order valence-corrected chi connectivity index (χ1v) is 36.1. The van der Waals surface area contributed by atoms with Crippen LogP contribution in [0.1, 0.15) is 367 Å². The van der Waals surface area contributed by atoms with Crippen molar-refractivity contribution in [3.8, 4) is 0 Å². The first kappa shape index (κ1) is 79.6. The Morgan fingerprint density at radius 1 is 0.253 bits per heavy atom. The van der Waals surface area contributed by atoms with Crippen LogP contribution in [0.2, 0.25) is 0 Å². The largest absolute Gasteiger partial charge is 0.462 e. The lowest BCUT2D eigenvalue weighted by Gasteiger charge is -2.18. The summed E-state index contributed by atoms with van der Waals surface area (Å²) in [7, 11) is 0. The lowest BCUT2D eigenvalue weighted by molar-refractivity contribution is -0.167. The van der Waals surface area contributed by atoms with Gasteiger partial charge in [0.2, 0.25) is 0 Å². The Balaban J connectivity index is 4.12. The zero-order chi connectivity index (χ0) is 59.9. The average molecular weight is 1160 g/mol. The van der Waals surface area contributed by atoms with Crippen LogP contribution in [0.15, 0.2) is 85.1 Å². The maximum Gasteiger partial charge on any atom is 0.306 e. The van der Waals surface area contributed by atoms with Crippen LogP contribution in [0.25, 0.3) is 0 Å². The highest BCUT2D eigenvalue weighted by Gasteiger charge is 2.19. The van der Waals surface area contributed by atoms with Crippen molar-refractivity contribution in [2.75, 3.05) is 13.2 Å². The Hall–Kier alpha value is -3.41. The molecule has 0 spiro atoms. The molecule has 0 bridgehead atoms. The van der Waals surface area contributed by atoms with E-state index in [1.165, 1.54) is 212 Å².